The molecule has 1 amide bonds. The van der Waals surface area contributed by atoms with Crippen LogP contribution in [0.15, 0.2) is 0 Å². The summed E-state index contributed by atoms with van der Waals surface area (Å²) in [6, 6.07) is 0.317. The van der Waals surface area contributed by atoms with Crippen LogP contribution in [0.3, 0.4) is 0 Å². The summed E-state index contributed by atoms with van der Waals surface area (Å²) in [6.07, 6.45) is 4.89. The lowest BCUT2D eigenvalue weighted by Crippen LogP contribution is -2.45. The first-order chi connectivity index (χ1) is 6.09. The quantitative estimate of drug-likeness (QED) is 0.688. The molecule has 3 nitrogen and oxygen atoms in total. The number of primary amides is 1. The third-order valence-corrected chi connectivity index (χ3v) is 2.93. The van der Waals surface area contributed by atoms with Crippen LogP contribution in [0.4, 0.5) is 0 Å². The van der Waals surface area contributed by atoms with Crippen molar-refractivity contribution in [2.45, 2.75) is 51.6 Å². The molecule has 0 heterocycles. The molecule has 1 aliphatic carbocycles. The van der Waals surface area contributed by atoms with E-state index in [0.29, 0.717) is 6.04 Å². The molecule has 1 saturated carbocycles. The van der Waals surface area contributed by atoms with Crippen LogP contribution in [0.25, 0.3) is 0 Å². The molecule has 0 aliphatic heterocycles. The van der Waals surface area contributed by atoms with Crippen LogP contribution >= 0.6 is 0 Å². The summed E-state index contributed by atoms with van der Waals surface area (Å²) in [4.78, 5) is 10.8. The van der Waals surface area contributed by atoms with Gasteiger partial charge < -0.3 is 11.1 Å². The number of rotatable bonds is 3. The Balaban J connectivity index is 2.26. The van der Waals surface area contributed by atoms with E-state index < -0.39 is 0 Å². The molecule has 1 aliphatic rings. The van der Waals surface area contributed by atoms with Gasteiger partial charge in [0.1, 0.15) is 0 Å². The molecule has 3 heteroatoms. The molecular weight excluding hydrogens is 164 g/mol. The molecule has 1 rings (SSSR count). The molecule has 3 N–H and O–H groups in total. The zero-order valence-corrected chi connectivity index (χ0v) is 8.55. The van der Waals surface area contributed by atoms with Crippen LogP contribution in [0.1, 0.15) is 39.5 Å². The Labute approximate surface area is 80.1 Å². The summed E-state index contributed by atoms with van der Waals surface area (Å²) in [5.41, 5.74) is 5.18. The van der Waals surface area contributed by atoms with Crippen molar-refractivity contribution in [3.63, 3.8) is 0 Å². The van der Waals surface area contributed by atoms with Gasteiger partial charge in [-0.25, -0.2) is 0 Å². The van der Waals surface area contributed by atoms with Gasteiger partial charge in [-0.2, -0.15) is 0 Å². The minimum Gasteiger partial charge on any atom is -0.368 e. The number of hydrogen-bond acceptors (Lipinski definition) is 2. The molecule has 0 aromatic rings. The van der Waals surface area contributed by atoms with Gasteiger partial charge in [0.15, 0.2) is 0 Å². The van der Waals surface area contributed by atoms with Gasteiger partial charge in [-0.05, 0) is 38.5 Å². The normalized spacial score (nSPS) is 31.2. The van der Waals surface area contributed by atoms with E-state index in [4.69, 9.17) is 5.73 Å². The Bertz CT molecular complexity index is 174. The fourth-order valence-corrected chi connectivity index (χ4v) is 1.86. The molecule has 1 fully saturated rings. The first kappa shape index (κ1) is 10.5. The molecule has 0 saturated heterocycles. The lowest BCUT2D eigenvalue weighted by atomic mass is 9.87. The largest absolute Gasteiger partial charge is 0.368 e. The summed E-state index contributed by atoms with van der Waals surface area (Å²) in [6.45, 7) is 4.12. The van der Waals surface area contributed by atoms with E-state index in [1.54, 1.807) is 0 Å². The molecule has 76 valence electrons. The maximum absolute atomic E-state index is 10.8. The number of nitrogens with two attached hydrogens (primary N) is 1. The van der Waals surface area contributed by atoms with Crippen molar-refractivity contribution in [3.8, 4) is 0 Å². The molecule has 0 aromatic carbocycles. The maximum atomic E-state index is 10.8. The second kappa shape index (κ2) is 4.61. The first-order valence-electron chi connectivity index (χ1n) is 5.15. The Hall–Kier alpha value is -0.570. The molecule has 0 unspecified atom stereocenters. The van der Waals surface area contributed by atoms with Gasteiger partial charge in [0, 0.05) is 6.04 Å². The van der Waals surface area contributed by atoms with Crippen LogP contribution in [0.2, 0.25) is 0 Å². The highest BCUT2D eigenvalue weighted by atomic mass is 16.1. The Morgan fingerprint density at radius 3 is 2.38 bits per heavy atom. The van der Waals surface area contributed by atoms with Gasteiger partial charge in [0.05, 0.1) is 6.04 Å². The fraction of sp³-hybridized carbons (Fsp3) is 0.900. The molecule has 0 bridgehead atoms. The molecule has 1 atom stereocenters. The maximum Gasteiger partial charge on any atom is 0.234 e. The second-order valence-corrected chi connectivity index (χ2v) is 4.25. The third kappa shape index (κ3) is 3.35. The summed E-state index contributed by atoms with van der Waals surface area (Å²) < 4.78 is 0. The van der Waals surface area contributed by atoms with Crippen molar-refractivity contribution in [1.82, 2.24) is 5.32 Å². The van der Waals surface area contributed by atoms with Crippen molar-refractivity contribution in [1.29, 1.82) is 0 Å². The number of nitrogens with one attached hydrogen (secondary N) is 1. The minimum absolute atomic E-state index is 0.182. The van der Waals surface area contributed by atoms with Crippen LogP contribution < -0.4 is 11.1 Å². The van der Waals surface area contributed by atoms with E-state index in [0.717, 1.165) is 5.92 Å². The summed E-state index contributed by atoms with van der Waals surface area (Å²) in [5.74, 6) is 0.598. The zero-order chi connectivity index (χ0) is 9.84. The predicted molar refractivity (Wildman–Crippen MR) is 53.2 cm³/mol. The van der Waals surface area contributed by atoms with Gasteiger partial charge in [0.2, 0.25) is 5.91 Å². The van der Waals surface area contributed by atoms with Crippen molar-refractivity contribution < 1.29 is 4.79 Å². The van der Waals surface area contributed by atoms with Gasteiger partial charge in [-0.3, -0.25) is 4.79 Å². The number of carbonyl (C=O) groups excluding carboxylic acids is 1. The van der Waals surface area contributed by atoms with Crippen LogP contribution in [-0.4, -0.2) is 18.0 Å². The van der Waals surface area contributed by atoms with E-state index in [1.165, 1.54) is 25.7 Å². The van der Waals surface area contributed by atoms with E-state index in [9.17, 15) is 4.79 Å². The smallest absolute Gasteiger partial charge is 0.234 e. The molecular formula is C10H20N2O. The Kier molecular flexibility index (Phi) is 3.72. The van der Waals surface area contributed by atoms with Gasteiger partial charge >= 0.3 is 0 Å². The highest BCUT2D eigenvalue weighted by Gasteiger charge is 2.20. The van der Waals surface area contributed by atoms with Gasteiger partial charge in [-0.15, -0.1) is 0 Å². The molecule has 0 radical (unpaired) electrons. The van der Waals surface area contributed by atoms with Crippen molar-refractivity contribution in [2.75, 3.05) is 0 Å². The SMILES string of the molecule is CC1CCC(N[C@@H](C)C(N)=O)CC1. The molecule has 0 spiro atoms. The monoisotopic (exact) mass is 184 g/mol. The average Bonchev–Trinajstić information content (AvgIpc) is 2.08. The van der Waals surface area contributed by atoms with E-state index >= 15 is 0 Å². The Morgan fingerprint density at radius 1 is 1.38 bits per heavy atom. The lowest BCUT2D eigenvalue weighted by Gasteiger charge is -2.28. The highest BCUT2D eigenvalue weighted by molar-refractivity contribution is 5.79. The van der Waals surface area contributed by atoms with E-state index in [-0.39, 0.29) is 11.9 Å². The lowest BCUT2D eigenvalue weighted by molar-refractivity contribution is -0.119. The van der Waals surface area contributed by atoms with E-state index in [2.05, 4.69) is 12.2 Å². The summed E-state index contributed by atoms with van der Waals surface area (Å²) in [5, 5.41) is 3.26. The molecule has 0 aromatic heterocycles. The predicted octanol–water partition coefficient (Wildman–Crippen LogP) is 1.03. The molecule has 13 heavy (non-hydrogen) atoms. The number of carbonyl (C=O) groups is 1. The summed E-state index contributed by atoms with van der Waals surface area (Å²) in [7, 11) is 0. The average molecular weight is 184 g/mol. The number of amides is 1. The number of hydrogen-bond donors (Lipinski definition) is 2. The highest BCUT2D eigenvalue weighted by Crippen LogP contribution is 2.23. The first-order valence-corrected chi connectivity index (χ1v) is 5.15. The standard InChI is InChI=1S/C10H20N2O/c1-7-3-5-9(6-4-7)12-8(2)10(11)13/h7-9,12H,3-6H2,1-2H3,(H2,11,13)/t7?,8-,9?/m0/s1. The van der Waals surface area contributed by atoms with Crippen LogP contribution in [-0.2, 0) is 4.79 Å². The second-order valence-electron chi connectivity index (χ2n) is 4.25. The van der Waals surface area contributed by atoms with Gasteiger partial charge in [0.25, 0.3) is 0 Å². The van der Waals surface area contributed by atoms with Crippen molar-refractivity contribution in [2.24, 2.45) is 11.7 Å². The summed E-state index contributed by atoms with van der Waals surface area (Å²) >= 11 is 0. The van der Waals surface area contributed by atoms with Crippen LogP contribution in [0.5, 0.6) is 0 Å². The van der Waals surface area contributed by atoms with Crippen LogP contribution in [0, 0.1) is 5.92 Å². The van der Waals surface area contributed by atoms with Crippen molar-refractivity contribution in [3.05, 3.63) is 0 Å². The van der Waals surface area contributed by atoms with Gasteiger partial charge in [-0.1, -0.05) is 6.92 Å². The Morgan fingerprint density at radius 2 is 1.92 bits per heavy atom. The minimum atomic E-state index is -0.251. The third-order valence-electron chi connectivity index (χ3n) is 2.93. The fourth-order valence-electron chi connectivity index (χ4n) is 1.86. The van der Waals surface area contributed by atoms with E-state index in [1.807, 2.05) is 6.92 Å². The van der Waals surface area contributed by atoms with Crippen molar-refractivity contribution >= 4 is 5.91 Å². The zero-order valence-electron chi connectivity index (χ0n) is 8.55. The topological polar surface area (TPSA) is 55.1 Å².